The Balaban J connectivity index is 1.86. The van der Waals surface area contributed by atoms with Gasteiger partial charge in [0.1, 0.15) is 0 Å². The zero-order valence-corrected chi connectivity index (χ0v) is 12.0. The van der Waals surface area contributed by atoms with E-state index in [9.17, 15) is 4.79 Å². The van der Waals surface area contributed by atoms with Gasteiger partial charge in [-0.3, -0.25) is 4.79 Å². The van der Waals surface area contributed by atoms with E-state index in [1.807, 2.05) is 47.4 Å². The predicted molar refractivity (Wildman–Crippen MR) is 83.8 cm³/mol. The molecule has 1 aliphatic heterocycles. The molecule has 3 rings (SSSR count). The van der Waals surface area contributed by atoms with Gasteiger partial charge in [-0.1, -0.05) is 42.5 Å². The Labute approximate surface area is 125 Å². The van der Waals surface area contributed by atoms with E-state index in [1.54, 1.807) is 0 Å². The number of benzene rings is 2. The summed E-state index contributed by atoms with van der Waals surface area (Å²) in [6, 6.07) is 18.1. The van der Waals surface area contributed by atoms with Gasteiger partial charge in [0.15, 0.2) is 0 Å². The van der Waals surface area contributed by atoms with Crippen LogP contribution in [0.5, 0.6) is 0 Å². The van der Waals surface area contributed by atoms with Crippen LogP contribution in [0.15, 0.2) is 54.6 Å². The Morgan fingerprint density at radius 2 is 1.95 bits per heavy atom. The average Bonchev–Trinajstić information content (AvgIpc) is 3.04. The van der Waals surface area contributed by atoms with Crippen molar-refractivity contribution in [2.24, 2.45) is 5.73 Å². The Morgan fingerprint density at radius 1 is 1.14 bits per heavy atom. The van der Waals surface area contributed by atoms with Crippen LogP contribution >= 0.6 is 0 Å². The average molecular weight is 280 g/mol. The Hall–Kier alpha value is -2.13. The highest BCUT2D eigenvalue weighted by atomic mass is 16.2. The highest BCUT2D eigenvalue weighted by Gasteiger charge is 2.30. The van der Waals surface area contributed by atoms with Crippen molar-refractivity contribution in [2.45, 2.75) is 25.4 Å². The van der Waals surface area contributed by atoms with Gasteiger partial charge in [-0.15, -0.1) is 0 Å². The fourth-order valence-electron chi connectivity index (χ4n) is 3.03. The smallest absolute Gasteiger partial charge is 0.254 e. The molecule has 0 aromatic heterocycles. The molecule has 0 spiro atoms. The summed E-state index contributed by atoms with van der Waals surface area (Å²) in [4.78, 5) is 14.8. The molecule has 1 aliphatic rings. The number of hydrogen-bond donors (Lipinski definition) is 1. The summed E-state index contributed by atoms with van der Waals surface area (Å²) in [5, 5.41) is 0. The van der Waals surface area contributed by atoms with Gasteiger partial charge in [0.05, 0.1) is 6.04 Å². The highest BCUT2D eigenvalue weighted by Crippen LogP contribution is 2.32. The van der Waals surface area contributed by atoms with Gasteiger partial charge >= 0.3 is 0 Å². The lowest BCUT2D eigenvalue weighted by atomic mass is 10.0. The van der Waals surface area contributed by atoms with E-state index in [-0.39, 0.29) is 11.9 Å². The van der Waals surface area contributed by atoms with Crippen molar-refractivity contribution in [1.82, 2.24) is 4.90 Å². The van der Waals surface area contributed by atoms with E-state index in [2.05, 4.69) is 12.1 Å². The SMILES string of the molecule is NCc1cccc(C(=O)N2CCCC2c2ccccc2)c1. The van der Waals surface area contributed by atoms with Crippen molar-refractivity contribution in [2.75, 3.05) is 6.54 Å². The molecule has 3 nitrogen and oxygen atoms in total. The number of carbonyl (C=O) groups is 1. The summed E-state index contributed by atoms with van der Waals surface area (Å²) in [5.74, 6) is 0.108. The Morgan fingerprint density at radius 3 is 2.71 bits per heavy atom. The maximum absolute atomic E-state index is 12.8. The molecule has 3 heteroatoms. The molecule has 2 aromatic carbocycles. The number of carbonyl (C=O) groups excluding carboxylic acids is 1. The van der Waals surface area contributed by atoms with Crippen LogP contribution in [0.1, 0.15) is 40.4 Å². The van der Waals surface area contributed by atoms with Crippen LogP contribution < -0.4 is 5.73 Å². The fraction of sp³-hybridized carbons (Fsp3) is 0.278. The van der Waals surface area contributed by atoms with Gasteiger partial charge in [-0.05, 0) is 36.1 Å². The maximum Gasteiger partial charge on any atom is 0.254 e. The largest absolute Gasteiger partial charge is 0.332 e. The summed E-state index contributed by atoms with van der Waals surface area (Å²) in [6.45, 7) is 1.29. The molecule has 0 bridgehead atoms. The lowest BCUT2D eigenvalue weighted by molar-refractivity contribution is 0.0735. The molecule has 0 saturated carbocycles. The van der Waals surface area contributed by atoms with Crippen LogP contribution in [0, 0.1) is 0 Å². The normalized spacial score (nSPS) is 18.0. The van der Waals surface area contributed by atoms with Crippen molar-refractivity contribution in [1.29, 1.82) is 0 Å². The summed E-state index contributed by atoms with van der Waals surface area (Å²) in [7, 11) is 0. The second-order valence-electron chi connectivity index (χ2n) is 5.47. The summed E-state index contributed by atoms with van der Waals surface area (Å²) in [6.07, 6.45) is 2.09. The standard InChI is InChI=1S/C18H20N2O/c19-13-14-6-4-9-16(12-14)18(21)20-11-5-10-17(20)15-7-2-1-3-8-15/h1-4,6-9,12,17H,5,10-11,13,19H2. The first-order valence-corrected chi connectivity index (χ1v) is 7.44. The summed E-state index contributed by atoms with van der Waals surface area (Å²) in [5.41, 5.74) is 8.62. The highest BCUT2D eigenvalue weighted by molar-refractivity contribution is 5.94. The molecule has 1 amide bonds. The number of hydrogen-bond acceptors (Lipinski definition) is 2. The molecule has 0 aliphatic carbocycles. The van der Waals surface area contributed by atoms with E-state index >= 15 is 0 Å². The summed E-state index contributed by atoms with van der Waals surface area (Å²) < 4.78 is 0. The van der Waals surface area contributed by atoms with Crippen LogP contribution in [-0.4, -0.2) is 17.4 Å². The van der Waals surface area contributed by atoms with Crippen LogP contribution in [0.2, 0.25) is 0 Å². The first-order valence-electron chi connectivity index (χ1n) is 7.44. The van der Waals surface area contributed by atoms with E-state index in [4.69, 9.17) is 5.73 Å². The molecule has 108 valence electrons. The van der Waals surface area contributed by atoms with Crippen LogP contribution in [-0.2, 0) is 6.54 Å². The first kappa shape index (κ1) is 13.8. The summed E-state index contributed by atoms with van der Waals surface area (Å²) >= 11 is 0. The fourth-order valence-corrected chi connectivity index (χ4v) is 3.03. The topological polar surface area (TPSA) is 46.3 Å². The van der Waals surface area contributed by atoms with Crippen molar-refractivity contribution < 1.29 is 4.79 Å². The van der Waals surface area contributed by atoms with Crippen molar-refractivity contribution in [3.8, 4) is 0 Å². The van der Waals surface area contributed by atoms with E-state index in [1.165, 1.54) is 5.56 Å². The zero-order chi connectivity index (χ0) is 14.7. The van der Waals surface area contributed by atoms with Gasteiger partial charge in [0.2, 0.25) is 0 Å². The molecule has 2 N–H and O–H groups in total. The minimum absolute atomic E-state index is 0.108. The van der Waals surface area contributed by atoms with E-state index < -0.39 is 0 Å². The molecular weight excluding hydrogens is 260 g/mol. The molecule has 0 radical (unpaired) electrons. The minimum atomic E-state index is 0.108. The second kappa shape index (κ2) is 6.10. The first-order chi connectivity index (χ1) is 10.3. The van der Waals surface area contributed by atoms with Gasteiger partial charge in [-0.25, -0.2) is 0 Å². The number of likely N-dealkylation sites (tertiary alicyclic amines) is 1. The maximum atomic E-state index is 12.8. The van der Waals surface area contributed by atoms with Gasteiger partial charge < -0.3 is 10.6 Å². The third-order valence-corrected chi connectivity index (χ3v) is 4.11. The van der Waals surface area contributed by atoms with Crippen LogP contribution in [0.3, 0.4) is 0 Å². The molecule has 1 unspecified atom stereocenters. The number of amides is 1. The molecule has 1 fully saturated rings. The third kappa shape index (κ3) is 2.83. The number of nitrogens with zero attached hydrogens (tertiary/aromatic N) is 1. The molecule has 1 heterocycles. The molecule has 21 heavy (non-hydrogen) atoms. The zero-order valence-electron chi connectivity index (χ0n) is 12.0. The van der Waals surface area contributed by atoms with Crippen molar-refractivity contribution in [3.05, 3.63) is 71.3 Å². The lowest BCUT2D eigenvalue weighted by Crippen LogP contribution is -2.30. The van der Waals surface area contributed by atoms with E-state index in [0.717, 1.165) is 30.5 Å². The van der Waals surface area contributed by atoms with Gasteiger partial charge in [0, 0.05) is 18.7 Å². The number of rotatable bonds is 3. The Kier molecular flexibility index (Phi) is 4.02. The quantitative estimate of drug-likeness (QED) is 0.939. The van der Waals surface area contributed by atoms with Gasteiger partial charge in [-0.2, -0.15) is 0 Å². The van der Waals surface area contributed by atoms with Crippen LogP contribution in [0.25, 0.3) is 0 Å². The lowest BCUT2D eigenvalue weighted by Gasteiger charge is -2.25. The van der Waals surface area contributed by atoms with Crippen molar-refractivity contribution >= 4 is 5.91 Å². The van der Waals surface area contributed by atoms with Crippen LogP contribution in [0.4, 0.5) is 0 Å². The third-order valence-electron chi connectivity index (χ3n) is 4.11. The van der Waals surface area contributed by atoms with Crippen molar-refractivity contribution in [3.63, 3.8) is 0 Å². The minimum Gasteiger partial charge on any atom is -0.332 e. The molecular formula is C18H20N2O. The van der Waals surface area contributed by atoms with Gasteiger partial charge in [0.25, 0.3) is 5.91 Å². The predicted octanol–water partition coefficient (Wildman–Crippen LogP) is 3.12. The molecule has 2 aromatic rings. The number of nitrogens with two attached hydrogens (primary N) is 1. The molecule has 1 saturated heterocycles. The molecule has 1 atom stereocenters. The second-order valence-corrected chi connectivity index (χ2v) is 5.47. The van der Waals surface area contributed by atoms with E-state index in [0.29, 0.717) is 6.54 Å². The monoisotopic (exact) mass is 280 g/mol. The Bertz CT molecular complexity index is 624.